The third-order valence-corrected chi connectivity index (χ3v) is 1.53. The zero-order valence-electron chi connectivity index (χ0n) is 7.49. The van der Waals surface area contributed by atoms with Crippen LogP contribution in [-0.4, -0.2) is 15.8 Å². The highest BCUT2D eigenvalue weighted by Crippen LogP contribution is 2.03. The lowest BCUT2D eigenvalue weighted by molar-refractivity contribution is 0.618. The van der Waals surface area contributed by atoms with E-state index in [0.29, 0.717) is 5.71 Å². The van der Waals surface area contributed by atoms with Crippen molar-refractivity contribution in [3.8, 4) is 0 Å². The van der Waals surface area contributed by atoms with E-state index in [0.717, 1.165) is 0 Å². The number of pyridine rings is 1. The molecule has 1 aromatic rings. The first-order valence-corrected chi connectivity index (χ1v) is 4.22. The average molecular weight is 212 g/mol. The van der Waals surface area contributed by atoms with Gasteiger partial charge in [0, 0.05) is 6.20 Å². The second-order valence-electron chi connectivity index (χ2n) is 2.51. The normalized spacial score (nSPS) is 11.1. The van der Waals surface area contributed by atoms with E-state index in [2.05, 4.69) is 27.7 Å². The fourth-order valence-electron chi connectivity index (χ4n) is 0.844. The van der Waals surface area contributed by atoms with Crippen LogP contribution in [0, 0.1) is 5.82 Å². The molecule has 74 valence electrons. The number of hydrazone groups is 1. The maximum absolute atomic E-state index is 13.1. The van der Waals surface area contributed by atoms with Crippen molar-refractivity contribution in [3.63, 3.8) is 0 Å². The van der Waals surface area contributed by atoms with Crippen molar-refractivity contribution in [1.29, 1.82) is 0 Å². The van der Waals surface area contributed by atoms with Gasteiger partial charge in [0.25, 0.3) is 0 Å². The topological polar surface area (TPSA) is 63.3 Å². The summed E-state index contributed by atoms with van der Waals surface area (Å²) < 4.78 is 13.1. The van der Waals surface area contributed by atoms with E-state index in [4.69, 9.17) is 5.73 Å². The Labute approximate surface area is 86.0 Å². The minimum Gasteiger partial charge on any atom is -0.375 e. The SMILES string of the molecule is C/C(=N\NC(N)=S)c1ncccc1F. The second-order valence-corrected chi connectivity index (χ2v) is 2.95. The number of nitrogens with two attached hydrogens (primary N) is 1. The first-order valence-electron chi connectivity index (χ1n) is 3.82. The van der Waals surface area contributed by atoms with Crippen LogP contribution in [0.5, 0.6) is 0 Å². The summed E-state index contributed by atoms with van der Waals surface area (Å²) >= 11 is 4.54. The van der Waals surface area contributed by atoms with Gasteiger partial charge in [-0.3, -0.25) is 10.4 Å². The van der Waals surface area contributed by atoms with Gasteiger partial charge in [0.15, 0.2) is 10.9 Å². The number of nitrogens with zero attached hydrogens (tertiary/aromatic N) is 2. The van der Waals surface area contributed by atoms with Crippen molar-refractivity contribution in [2.24, 2.45) is 10.8 Å². The van der Waals surface area contributed by atoms with Gasteiger partial charge in [-0.05, 0) is 31.3 Å². The number of hydrogen-bond donors (Lipinski definition) is 2. The summed E-state index contributed by atoms with van der Waals surface area (Å²) in [5.41, 5.74) is 8.08. The molecule has 0 fully saturated rings. The van der Waals surface area contributed by atoms with Crippen LogP contribution in [0.4, 0.5) is 4.39 Å². The van der Waals surface area contributed by atoms with Crippen LogP contribution in [0.15, 0.2) is 23.4 Å². The first-order chi connectivity index (χ1) is 6.61. The van der Waals surface area contributed by atoms with Crippen LogP contribution < -0.4 is 11.2 Å². The number of aromatic nitrogens is 1. The molecule has 0 radical (unpaired) electrons. The molecule has 0 aliphatic carbocycles. The molecule has 0 bridgehead atoms. The molecular formula is C8H9FN4S. The number of hydrogen-bond acceptors (Lipinski definition) is 3. The molecule has 0 amide bonds. The zero-order valence-corrected chi connectivity index (χ0v) is 8.31. The van der Waals surface area contributed by atoms with Crippen molar-refractivity contribution in [1.82, 2.24) is 10.4 Å². The number of halogens is 1. The van der Waals surface area contributed by atoms with Crippen molar-refractivity contribution in [3.05, 3.63) is 29.8 Å². The summed E-state index contributed by atoms with van der Waals surface area (Å²) in [4.78, 5) is 3.83. The minimum atomic E-state index is -0.432. The molecular weight excluding hydrogens is 203 g/mol. The van der Waals surface area contributed by atoms with Crippen molar-refractivity contribution < 1.29 is 4.39 Å². The van der Waals surface area contributed by atoms with Gasteiger partial charge in [0.05, 0.1) is 5.71 Å². The standard InChI is InChI=1S/C8H9FN4S/c1-5(12-13-8(10)14)7-6(9)3-2-4-11-7/h2-4H,1H3,(H3,10,13,14)/b12-5+. The molecule has 0 aliphatic heterocycles. The van der Waals surface area contributed by atoms with E-state index >= 15 is 0 Å². The lowest BCUT2D eigenvalue weighted by atomic mass is 10.2. The van der Waals surface area contributed by atoms with Gasteiger partial charge in [0.2, 0.25) is 0 Å². The number of thiocarbonyl (C=S) groups is 1. The van der Waals surface area contributed by atoms with E-state index in [1.54, 1.807) is 6.92 Å². The molecule has 0 unspecified atom stereocenters. The van der Waals surface area contributed by atoms with Gasteiger partial charge >= 0.3 is 0 Å². The van der Waals surface area contributed by atoms with Crippen LogP contribution in [0.25, 0.3) is 0 Å². The Hall–Kier alpha value is -1.56. The van der Waals surface area contributed by atoms with E-state index < -0.39 is 5.82 Å². The fourth-order valence-corrected chi connectivity index (χ4v) is 0.889. The fraction of sp³-hybridized carbons (Fsp3) is 0.125. The van der Waals surface area contributed by atoms with E-state index in [1.807, 2.05) is 0 Å². The highest BCUT2D eigenvalue weighted by Gasteiger charge is 2.05. The monoisotopic (exact) mass is 212 g/mol. The van der Waals surface area contributed by atoms with Gasteiger partial charge in [-0.1, -0.05) is 0 Å². The van der Waals surface area contributed by atoms with Gasteiger partial charge in [-0.25, -0.2) is 4.39 Å². The third kappa shape index (κ3) is 2.74. The highest BCUT2D eigenvalue weighted by atomic mass is 32.1. The van der Waals surface area contributed by atoms with Crippen molar-refractivity contribution in [2.45, 2.75) is 6.92 Å². The molecule has 14 heavy (non-hydrogen) atoms. The van der Waals surface area contributed by atoms with Gasteiger partial charge in [-0.15, -0.1) is 0 Å². The molecule has 6 heteroatoms. The quantitative estimate of drug-likeness (QED) is 0.432. The summed E-state index contributed by atoms with van der Waals surface area (Å²) in [6.45, 7) is 1.61. The number of nitrogens with one attached hydrogen (secondary N) is 1. The lowest BCUT2D eigenvalue weighted by Crippen LogP contribution is -2.25. The van der Waals surface area contributed by atoms with Crippen LogP contribution in [0.3, 0.4) is 0 Å². The van der Waals surface area contributed by atoms with Crippen LogP contribution in [-0.2, 0) is 0 Å². The van der Waals surface area contributed by atoms with E-state index in [9.17, 15) is 4.39 Å². The molecule has 0 aliphatic rings. The Balaban J connectivity index is 2.89. The van der Waals surface area contributed by atoms with Gasteiger partial charge in [0.1, 0.15) is 5.69 Å². The molecule has 0 atom stereocenters. The molecule has 3 N–H and O–H groups in total. The summed E-state index contributed by atoms with van der Waals surface area (Å²) in [7, 11) is 0. The zero-order chi connectivity index (χ0) is 10.6. The highest BCUT2D eigenvalue weighted by molar-refractivity contribution is 7.80. The summed E-state index contributed by atoms with van der Waals surface area (Å²) in [5, 5.41) is 3.78. The van der Waals surface area contributed by atoms with Gasteiger partial charge in [-0.2, -0.15) is 5.10 Å². The molecule has 1 heterocycles. The Bertz CT molecular complexity index is 377. The summed E-state index contributed by atoms with van der Waals surface area (Å²) in [6.07, 6.45) is 1.48. The maximum Gasteiger partial charge on any atom is 0.184 e. The first kappa shape index (κ1) is 10.5. The average Bonchev–Trinajstić information content (AvgIpc) is 2.15. The molecule has 0 aromatic carbocycles. The molecule has 4 nitrogen and oxygen atoms in total. The molecule has 0 spiro atoms. The van der Waals surface area contributed by atoms with E-state index in [-0.39, 0.29) is 10.8 Å². The minimum absolute atomic E-state index is 0.0284. The smallest absolute Gasteiger partial charge is 0.184 e. The molecule has 1 aromatic heterocycles. The summed E-state index contributed by atoms with van der Waals surface area (Å²) in [6, 6.07) is 2.81. The largest absolute Gasteiger partial charge is 0.375 e. The molecule has 1 rings (SSSR count). The predicted molar refractivity (Wildman–Crippen MR) is 56.3 cm³/mol. The predicted octanol–water partition coefficient (Wildman–Crippen LogP) is 0.778. The second kappa shape index (κ2) is 4.61. The van der Waals surface area contributed by atoms with E-state index in [1.165, 1.54) is 18.3 Å². The lowest BCUT2D eigenvalue weighted by Gasteiger charge is -2.01. The third-order valence-electron chi connectivity index (χ3n) is 1.43. The Kier molecular flexibility index (Phi) is 3.47. The van der Waals surface area contributed by atoms with Crippen molar-refractivity contribution >= 4 is 23.0 Å². The Morgan fingerprint density at radius 2 is 2.43 bits per heavy atom. The Morgan fingerprint density at radius 3 is 3.00 bits per heavy atom. The van der Waals surface area contributed by atoms with Crippen LogP contribution in [0.2, 0.25) is 0 Å². The van der Waals surface area contributed by atoms with Crippen molar-refractivity contribution in [2.75, 3.05) is 0 Å². The maximum atomic E-state index is 13.1. The molecule has 0 saturated carbocycles. The summed E-state index contributed by atoms with van der Waals surface area (Å²) in [5.74, 6) is -0.432. The van der Waals surface area contributed by atoms with Crippen LogP contribution in [0.1, 0.15) is 12.6 Å². The Morgan fingerprint density at radius 1 is 1.71 bits per heavy atom. The number of rotatable bonds is 2. The molecule has 0 saturated heterocycles. The van der Waals surface area contributed by atoms with Gasteiger partial charge < -0.3 is 5.73 Å². The van der Waals surface area contributed by atoms with Crippen LogP contribution >= 0.6 is 12.2 Å².